The van der Waals surface area contributed by atoms with Gasteiger partial charge in [-0.2, -0.15) is 0 Å². The molecule has 0 unspecified atom stereocenters. The fourth-order valence-electron chi connectivity index (χ4n) is 1.96. The Morgan fingerprint density at radius 3 is 2.83 bits per heavy atom. The number of aromatic nitrogens is 1. The first-order chi connectivity index (χ1) is 8.68. The number of H-pyrrole nitrogens is 1. The molecule has 0 saturated heterocycles. The number of nitrogens with one attached hydrogen (secondary N) is 1. The molecule has 0 aliphatic carbocycles. The smallest absolute Gasteiger partial charge is 0.206 e. The summed E-state index contributed by atoms with van der Waals surface area (Å²) in [6, 6.07) is 7.75. The molecule has 0 bridgehead atoms. The molecule has 2 heterocycles. The number of ketones is 1. The van der Waals surface area contributed by atoms with Gasteiger partial charge >= 0.3 is 0 Å². The maximum Gasteiger partial charge on any atom is 0.206 e. The molecule has 0 radical (unpaired) electrons. The second-order valence-electron chi connectivity index (χ2n) is 4.14. The van der Waals surface area contributed by atoms with Crippen LogP contribution in [0.25, 0.3) is 10.9 Å². The Hall–Kier alpha value is -1.58. The summed E-state index contributed by atoms with van der Waals surface area (Å²) in [5, 5.41) is 3.41. The maximum atomic E-state index is 12.5. The van der Waals surface area contributed by atoms with Crippen LogP contribution in [0.1, 0.15) is 20.8 Å². The van der Waals surface area contributed by atoms with E-state index in [0.717, 1.165) is 16.5 Å². The first-order valence-electron chi connectivity index (χ1n) is 5.53. The van der Waals surface area contributed by atoms with E-state index in [9.17, 15) is 4.79 Å². The van der Waals surface area contributed by atoms with Gasteiger partial charge in [-0.25, -0.2) is 0 Å². The Kier molecular flexibility index (Phi) is 2.73. The number of carbonyl (C=O) groups is 1. The van der Waals surface area contributed by atoms with Gasteiger partial charge in [0.25, 0.3) is 0 Å². The lowest BCUT2D eigenvalue weighted by Crippen LogP contribution is -1.98. The molecule has 0 saturated carbocycles. The van der Waals surface area contributed by atoms with Crippen molar-refractivity contribution >= 4 is 39.6 Å². The number of fused-ring (bicyclic) bond motifs is 1. The van der Waals surface area contributed by atoms with E-state index in [2.05, 4.69) is 4.98 Å². The van der Waals surface area contributed by atoms with Crippen LogP contribution >= 0.6 is 22.9 Å². The van der Waals surface area contributed by atoms with Gasteiger partial charge in [0, 0.05) is 22.7 Å². The third-order valence-corrected chi connectivity index (χ3v) is 4.63. The van der Waals surface area contributed by atoms with Gasteiger partial charge in [0.15, 0.2) is 0 Å². The molecule has 1 aromatic carbocycles. The normalized spacial score (nSPS) is 11.0. The lowest BCUT2D eigenvalue weighted by molar-refractivity contribution is 0.104. The van der Waals surface area contributed by atoms with E-state index in [-0.39, 0.29) is 5.78 Å². The van der Waals surface area contributed by atoms with Crippen molar-refractivity contribution in [2.24, 2.45) is 0 Å². The lowest BCUT2D eigenvalue weighted by atomic mass is 10.1. The molecule has 2 nitrogen and oxygen atoms in total. The van der Waals surface area contributed by atoms with Crippen LogP contribution in [-0.4, -0.2) is 10.8 Å². The topological polar surface area (TPSA) is 32.9 Å². The fourth-order valence-corrected chi connectivity index (χ4v) is 3.20. The van der Waals surface area contributed by atoms with Crippen LogP contribution in [0, 0.1) is 6.92 Å². The molecule has 0 aliphatic heterocycles. The third kappa shape index (κ3) is 1.67. The minimum atomic E-state index is -0.0180. The summed E-state index contributed by atoms with van der Waals surface area (Å²) in [5.74, 6) is -0.0180. The van der Waals surface area contributed by atoms with Crippen molar-refractivity contribution in [1.29, 1.82) is 0 Å². The van der Waals surface area contributed by atoms with E-state index in [1.54, 1.807) is 6.20 Å². The van der Waals surface area contributed by atoms with Gasteiger partial charge in [0.05, 0.1) is 9.90 Å². The highest BCUT2D eigenvalue weighted by Crippen LogP contribution is 2.31. The van der Waals surface area contributed by atoms with Gasteiger partial charge in [0.2, 0.25) is 5.78 Å². The number of aryl methyl sites for hydroxylation is 1. The van der Waals surface area contributed by atoms with Crippen molar-refractivity contribution in [3.8, 4) is 0 Å². The van der Waals surface area contributed by atoms with Crippen LogP contribution < -0.4 is 0 Å². The highest BCUT2D eigenvalue weighted by molar-refractivity contribution is 7.13. The Balaban J connectivity index is 2.15. The summed E-state index contributed by atoms with van der Waals surface area (Å²) < 4.78 is 0. The molecule has 0 fully saturated rings. The zero-order valence-corrected chi connectivity index (χ0v) is 11.2. The molecule has 18 heavy (non-hydrogen) atoms. The molecule has 4 heteroatoms. The van der Waals surface area contributed by atoms with E-state index < -0.39 is 0 Å². The first-order valence-corrected chi connectivity index (χ1v) is 6.78. The number of rotatable bonds is 2. The summed E-state index contributed by atoms with van der Waals surface area (Å²) in [7, 11) is 0. The second kappa shape index (κ2) is 4.26. The van der Waals surface area contributed by atoms with Gasteiger partial charge in [-0.1, -0.05) is 29.8 Å². The molecule has 2 aromatic heterocycles. The van der Waals surface area contributed by atoms with Crippen molar-refractivity contribution in [3.05, 3.63) is 56.9 Å². The quantitative estimate of drug-likeness (QED) is 0.690. The van der Waals surface area contributed by atoms with E-state index >= 15 is 0 Å². The van der Waals surface area contributed by atoms with Crippen LogP contribution in [0.2, 0.25) is 5.02 Å². The number of thiophene rings is 1. The molecule has 3 rings (SSSR count). The van der Waals surface area contributed by atoms with E-state index in [1.165, 1.54) is 11.3 Å². The van der Waals surface area contributed by atoms with Crippen LogP contribution in [0.3, 0.4) is 0 Å². The number of benzene rings is 1. The second-order valence-corrected chi connectivity index (χ2v) is 5.40. The molecular formula is C14H10ClNOS. The van der Waals surface area contributed by atoms with E-state index in [0.29, 0.717) is 15.5 Å². The van der Waals surface area contributed by atoms with Crippen LogP contribution in [-0.2, 0) is 0 Å². The standard InChI is InChI=1S/C14H10ClNOS/c1-8-7-18-14(12(8)15)13(17)10-6-16-11-5-3-2-4-9(10)11/h2-7,16H,1H3. The summed E-state index contributed by atoms with van der Waals surface area (Å²) >= 11 is 7.55. The average Bonchev–Trinajstić information content (AvgIpc) is 2.94. The van der Waals surface area contributed by atoms with Gasteiger partial charge in [-0.05, 0) is 23.9 Å². The Morgan fingerprint density at radius 2 is 2.11 bits per heavy atom. The minimum Gasteiger partial charge on any atom is -0.360 e. The highest BCUT2D eigenvalue weighted by atomic mass is 35.5. The third-order valence-electron chi connectivity index (χ3n) is 2.94. The monoisotopic (exact) mass is 275 g/mol. The minimum absolute atomic E-state index is 0.0180. The number of aromatic amines is 1. The zero-order chi connectivity index (χ0) is 12.7. The predicted molar refractivity (Wildman–Crippen MR) is 75.8 cm³/mol. The van der Waals surface area contributed by atoms with Crippen molar-refractivity contribution < 1.29 is 4.79 Å². The number of hydrogen-bond donors (Lipinski definition) is 1. The largest absolute Gasteiger partial charge is 0.360 e. The summed E-state index contributed by atoms with van der Waals surface area (Å²) in [6.45, 7) is 1.91. The highest BCUT2D eigenvalue weighted by Gasteiger charge is 2.19. The van der Waals surface area contributed by atoms with Crippen molar-refractivity contribution in [1.82, 2.24) is 4.98 Å². The molecule has 1 N–H and O–H groups in total. The van der Waals surface area contributed by atoms with E-state index in [1.807, 2.05) is 36.6 Å². The van der Waals surface area contributed by atoms with Crippen LogP contribution in [0.5, 0.6) is 0 Å². The van der Waals surface area contributed by atoms with Gasteiger partial charge in [-0.15, -0.1) is 11.3 Å². The molecule has 0 aliphatic rings. The van der Waals surface area contributed by atoms with E-state index in [4.69, 9.17) is 11.6 Å². The number of para-hydroxylation sites is 1. The molecule has 0 spiro atoms. The summed E-state index contributed by atoms with van der Waals surface area (Å²) in [5.41, 5.74) is 2.59. The van der Waals surface area contributed by atoms with Crippen molar-refractivity contribution in [2.75, 3.05) is 0 Å². The maximum absolute atomic E-state index is 12.5. The zero-order valence-electron chi connectivity index (χ0n) is 9.66. The first kappa shape index (κ1) is 11.5. The Bertz CT molecular complexity index is 741. The predicted octanol–water partition coefficient (Wildman–Crippen LogP) is 4.42. The molecule has 0 atom stereocenters. The number of halogens is 1. The SMILES string of the molecule is Cc1csc(C(=O)c2c[nH]c3ccccc23)c1Cl. The van der Waals surface area contributed by atoms with Gasteiger partial charge in [-0.3, -0.25) is 4.79 Å². The van der Waals surface area contributed by atoms with Crippen molar-refractivity contribution in [3.63, 3.8) is 0 Å². The average molecular weight is 276 g/mol. The van der Waals surface area contributed by atoms with Crippen LogP contribution in [0.15, 0.2) is 35.8 Å². The summed E-state index contributed by atoms with van der Waals surface area (Å²) in [4.78, 5) is 16.2. The molecule has 90 valence electrons. The number of carbonyl (C=O) groups excluding carboxylic acids is 1. The summed E-state index contributed by atoms with van der Waals surface area (Å²) in [6.07, 6.45) is 1.75. The lowest BCUT2D eigenvalue weighted by Gasteiger charge is -1.97. The van der Waals surface area contributed by atoms with Crippen molar-refractivity contribution in [2.45, 2.75) is 6.92 Å². The fraction of sp³-hybridized carbons (Fsp3) is 0.0714. The van der Waals surface area contributed by atoms with Crippen LogP contribution in [0.4, 0.5) is 0 Å². The van der Waals surface area contributed by atoms with Gasteiger partial charge < -0.3 is 4.98 Å². The Morgan fingerprint density at radius 1 is 1.33 bits per heavy atom. The number of hydrogen-bond acceptors (Lipinski definition) is 2. The Labute approximate surface area is 113 Å². The molecule has 3 aromatic rings. The molecule has 0 amide bonds. The van der Waals surface area contributed by atoms with Gasteiger partial charge in [0.1, 0.15) is 0 Å². The molecular weight excluding hydrogens is 266 g/mol.